The van der Waals surface area contributed by atoms with Gasteiger partial charge < -0.3 is 16.0 Å². The zero-order valence-corrected chi connectivity index (χ0v) is 11.2. The third kappa shape index (κ3) is 4.18. The molecule has 7 nitrogen and oxygen atoms in total. The van der Waals surface area contributed by atoms with E-state index in [1.54, 1.807) is 23.8 Å². The second-order valence-electron chi connectivity index (χ2n) is 3.53. The van der Waals surface area contributed by atoms with Gasteiger partial charge in [0.25, 0.3) is 0 Å². The Bertz CT molecular complexity index is 530. The Morgan fingerprint density at radius 1 is 1.32 bits per heavy atom. The second kappa shape index (κ2) is 6.64. The molecule has 0 unspecified atom stereocenters. The molecule has 2 heterocycles. The second-order valence-corrected chi connectivity index (χ2v) is 4.43. The number of thiazole rings is 1. The first-order valence-corrected chi connectivity index (χ1v) is 6.66. The van der Waals surface area contributed by atoms with Crippen LogP contribution in [0.25, 0.3) is 0 Å². The fourth-order valence-corrected chi connectivity index (χ4v) is 1.88. The quantitative estimate of drug-likeness (QED) is 0.740. The number of amides is 1. The first-order chi connectivity index (χ1) is 9.28. The van der Waals surface area contributed by atoms with E-state index in [1.165, 1.54) is 11.3 Å². The molecule has 0 fully saturated rings. The zero-order valence-electron chi connectivity index (χ0n) is 10.4. The van der Waals surface area contributed by atoms with Crippen LogP contribution in [-0.4, -0.2) is 33.9 Å². The van der Waals surface area contributed by atoms with Gasteiger partial charge in [0.1, 0.15) is 5.82 Å². The fraction of sp³-hybridized carbons (Fsp3) is 0.273. The van der Waals surface area contributed by atoms with Crippen molar-refractivity contribution in [1.29, 1.82) is 0 Å². The monoisotopic (exact) mass is 278 g/mol. The summed E-state index contributed by atoms with van der Waals surface area (Å²) in [6.07, 6.45) is 3.27. The van der Waals surface area contributed by atoms with Gasteiger partial charge in [-0.3, -0.25) is 4.79 Å². The summed E-state index contributed by atoms with van der Waals surface area (Å²) in [5.74, 6) is 0.945. The fourth-order valence-electron chi connectivity index (χ4n) is 1.33. The van der Waals surface area contributed by atoms with Crippen molar-refractivity contribution >= 4 is 34.1 Å². The number of nitrogens with one attached hydrogen (secondary N) is 3. The standard InChI is InChI=1S/C11H14N6OS/c1-2-12-8-3-4-13-10(16-8)15-7-9(18)17-11-14-5-6-19-11/h3-6H,2,7H2,1H3,(H,14,17,18)(H2,12,13,15,16). The highest BCUT2D eigenvalue weighted by molar-refractivity contribution is 7.13. The van der Waals surface area contributed by atoms with Gasteiger partial charge in [0.2, 0.25) is 11.9 Å². The van der Waals surface area contributed by atoms with Gasteiger partial charge in [-0.2, -0.15) is 4.98 Å². The minimum absolute atomic E-state index is 0.0924. The number of hydrogen-bond acceptors (Lipinski definition) is 7. The predicted molar refractivity (Wildman–Crippen MR) is 75.4 cm³/mol. The number of carbonyl (C=O) groups is 1. The maximum atomic E-state index is 11.6. The van der Waals surface area contributed by atoms with Gasteiger partial charge in [-0.05, 0) is 13.0 Å². The Labute approximate surface area is 114 Å². The van der Waals surface area contributed by atoms with Gasteiger partial charge in [0.05, 0.1) is 6.54 Å². The van der Waals surface area contributed by atoms with Crippen LogP contribution in [0.3, 0.4) is 0 Å². The highest BCUT2D eigenvalue weighted by Crippen LogP contribution is 2.10. The Hall–Kier alpha value is -2.22. The molecule has 1 amide bonds. The molecule has 100 valence electrons. The first-order valence-electron chi connectivity index (χ1n) is 5.78. The van der Waals surface area contributed by atoms with Crippen molar-refractivity contribution in [1.82, 2.24) is 15.0 Å². The van der Waals surface area contributed by atoms with E-state index in [1.807, 2.05) is 6.92 Å². The summed E-state index contributed by atoms with van der Waals surface area (Å²) in [7, 11) is 0. The van der Waals surface area contributed by atoms with Crippen molar-refractivity contribution in [3.8, 4) is 0 Å². The highest BCUT2D eigenvalue weighted by atomic mass is 32.1. The SMILES string of the molecule is CCNc1ccnc(NCC(=O)Nc2nccs2)n1. The van der Waals surface area contributed by atoms with Crippen LogP contribution < -0.4 is 16.0 Å². The van der Waals surface area contributed by atoms with Gasteiger partial charge >= 0.3 is 0 Å². The Morgan fingerprint density at radius 3 is 2.95 bits per heavy atom. The van der Waals surface area contributed by atoms with E-state index < -0.39 is 0 Å². The molecule has 0 saturated heterocycles. The largest absolute Gasteiger partial charge is 0.370 e. The zero-order chi connectivity index (χ0) is 13.5. The molecule has 0 aromatic carbocycles. The lowest BCUT2D eigenvalue weighted by atomic mass is 10.5. The van der Waals surface area contributed by atoms with Crippen LogP contribution in [-0.2, 0) is 4.79 Å². The average molecular weight is 278 g/mol. The molecule has 2 aromatic heterocycles. The normalized spacial score (nSPS) is 9.95. The van der Waals surface area contributed by atoms with E-state index in [9.17, 15) is 4.79 Å². The first kappa shape index (κ1) is 13.2. The Morgan fingerprint density at radius 2 is 2.21 bits per heavy atom. The molecular formula is C11H14N6OS. The van der Waals surface area contributed by atoms with Crippen LogP contribution in [0.1, 0.15) is 6.92 Å². The van der Waals surface area contributed by atoms with Crippen LogP contribution in [0.2, 0.25) is 0 Å². The van der Waals surface area contributed by atoms with Crippen LogP contribution in [0.15, 0.2) is 23.8 Å². The molecule has 0 bridgehead atoms. The molecule has 3 N–H and O–H groups in total. The minimum atomic E-state index is -0.188. The molecule has 0 aliphatic heterocycles. The van der Waals surface area contributed by atoms with Crippen LogP contribution >= 0.6 is 11.3 Å². The molecule has 8 heteroatoms. The number of hydrogen-bond donors (Lipinski definition) is 3. The summed E-state index contributed by atoms with van der Waals surface area (Å²) in [5.41, 5.74) is 0. The summed E-state index contributed by atoms with van der Waals surface area (Å²) in [5, 5.41) is 11.0. The lowest BCUT2D eigenvalue weighted by molar-refractivity contribution is -0.114. The summed E-state index contributed by atoms with van der Waals surface area (Å²) < 4.78 is 0. The summed E-state index contributed by atoms with van der Waals surface area (Å²) >= 11 is 1.37. The number of anilines is 3. The van der Waals surface area contributed by atoms with Crippen LogP contribution in [0.5, 0.6) is 0 Å². The molecule has 2 aromatic rings. The molecule has 0 radical (unpaired) electrons. The van der Waals surface area contributed by atoms with E-state index in [0.717, 1.165) is 12.4 Å². The van der Waals surface area contributed by atoms with Gasteiger partial charge in [-0.1, -0.05) is 0 Å². The number of carbonyl (C=O) groups excluding carboxylic acids is 1. The smallest absolute Gasteiger partial charge is 0.245 e. The van der Waals surface area contributed by atoms with Crippen molar-refractivity contribution in [2.24, 2.45) is 0 Å². The van der Waals surface area contributed by atoms with Crippen molar-refractivity contribution < 1.29 is 4.79 Å². The van der Waals surface area contributed by atoms with Crippen LogP contribution in [0.4, 0.5) is 16.9 Å². The van der Waals surface area contributed by atoms with Crippen LogP contribution in [0, 0.1) is 0 Å². The highest BCUT2D eigenvalue weighted by Gasteiger charge is 2.05. The van der Waals surface area contributed by atoms with Crippen molar-refractivity contribution in [2.45, 2.75) is 6.92 Å². The van der Waals surface area contributed by atoms with E-state index in [-0.39, 0.29) is 12.5 Å². The Balaban J connectivity index is 1.84. The van der Waals surface area contributed by atoms with Gasteiger partial charge in [-0.15, -0.1) is 11.3 Å². The number of rotatable bonds is 6. The lowest BCUT2D eigenvalue weighted by Gasteiger charge is -2.06. The molecule has 0 aliphatic rings. The number of nitrogens with zero attached hydrogens (tertiary/aromatic N) is 3. The molecule has 0 spiro atoms. The number of aromatic nitrogens is 3. The molecular weight excluding hydrogens is 264 g/mol. The molecule has 0 saturated carbocycles. The van der Waals surface area contributed by atoms with E-state index in [2.05, 4.69) is 30.9 Å². The maximum absolute atomic E-state index is 11.6. The van der Waals surface area contributed by atoms with E-state index in [0.29, 0.717) is 11.1 Å². The summed E-state index contributed by atoms with van der Waals surface area (Å²) in [6, 6.07) is 1.77. The molecule has 0 aliphatic carbocycles. The van der Waals surface area contributed by atoms with E-state index in [4.69, 9.17) is 0 Å². The van der Waals surface area contributed by atoms with Crippen molar-refractivity contribution in [3.63, 3.8) is 0 Å². The molecule has 2 rings (SSSR count). The third-order valence-electron chi connectivity index (χ3n) is 2.10. The third-order valence-corrected chi connectivity index (χ3v) is 2.79. The molecule has 19 heavy (non-hydrogen) atoms. The Kier molecular flexibility index (Phi) is 4.62. The van der Waals surface area contributed by atoms with Gasteiger partial charge in [0, 0.05) is 24.3 Å². The van der Waals surface area contributed by atoms with Gasteiger partial charge in [-0.25, -0.2) is 9.97 Å². The average Bonchev–Trinajstić information content (AvgIpc) is 2.90. The summed E-state index contributed by atoms with van der Waals surface area (Å²) in [6.45, 7) is 2.85. The van der Waals surface area contributed by atoms with E-state index >= 15 is 0 Å². The topological polar surface area (TPSA) is 91.8 Å². The predicted octanol–water partition coefficient (Wildman–Crippen LogP) is 1.42. The maximum Gasteiger partial charge on any atom is 0.245 e. The minimum Gasteiger partial charge on any atom is -0.370 e. The lowest BCUT2D eigenvalue weighted by Crippen LogP contribution is -2.22. The van der Waals surface area contributed by atoms with Crippen molar-refractivity contribution in [2.75, 3.05) is 29.0 Å². The molecule has 0 atom stereocenters. The van der Waals surface area contributed by atoms with Gasteiger partial charge in [0.15, 0.2) is 5.13 Å². The van der Waals surface area contributed by atoms with Crippen molar-refractivity contribution in [3.05, 3.63) is 23.8 Å². The summed E-state index contributed by atoms with van der Waals surface area (Å²) in [4.78, 5) is 23.8.